The van der Waals surface area contributed by atoms with Gasteiger partial charge in [-0.1, -0.05) is 0 Å². The topological polar surface area (TPSA) is 88.3 Å². The van der Waals surface area contributed by atoms with Crippen LogP contribution in [0.1, 0.15) is 43.1 Å². The minimum Gasteiger partial charge on any atom is -0.334 e. The van der Waals surface area contributed by atoms with Crippen molar-refractivity contribution in [1.82, 2.24) is 29.0 Å². The average molecular weight is 354 g/mol. The zero-order valence-electron chi connectivity index (χ0n) is 14.8. The monoisotopic (exact) mass is 354 g/mol. The first kappa shape index (κ1) is 16.6. The van der Waals surface area contributed by atoms with Crippen LogP contribution in [0.5, 0.6) is 0 Å². The molecule has 0 bridgehead atoms. The van der Waals surface area contributed by atoms with Crippen molar-refractivity contribution in [2.45, 2.75) is 45.2 Å². The number of amides is 1. The van der Waals surface area contributed by atoms with Gasteiger partial charge in [-0.2, -0.15) is 5.10 Å². The fraction of sp³-hybridized carbons (Fsp3) is 0.444. The molecule has 8 heteroatoms. The van der Waals surface area contributed by atoms with Gasteiger partial charge in [0.25, 0.3) is 5.56 Å². The molecule has 1 aliphatic rings. The normalized spacial score (nSPS) is 17.7. The first-order valence-corrected chi connectivity index (χ1v) is 8.97. The predicted octanol–water partition coefficient (Wildman–Crippen LogP) is 1.67. The molecule has 1 fully saturated rings. The molecule has 1 saturated heterocycles. The van der Waals surface area contributed by atoms with Gasteiger partial charge >= 0.3 is 0 Å². The minimum atomic E-state index is -0.128. The molecule has 4 heterocycles. The summed E-state index contributed by atoms with van der Waals surface area (Å²) in [6.07, 6.45) is 8.38. The number of aromatic nitrogens is 5. The van der Waals surface area contributed by atoms with Crippen molar-refractivity contribution in [3.8, 4) is 0 Å². The van der Waals surface area contributed by atoms with Gasteiger partial charge < -0.3 is 9.88 Å². The SMILES string of the molecule is Cc1ccn(CCC(=O)N2CCCC[C@@H]2c2cc(=O)n3ccnc3[nH]2)n1. The van der Waals surface area contributed by atoms with Gasteiger partial charge in [0.1, 0.15) is 0 Å². The summed E-state index contributed by atoms with van der Waals surface area (Å²) in [6, 6.07) is 3.41. The molecule has 26 heavy (non-hydrogen) atoms. The van der Waals surface area contributed by atoms with Crippen molar-refractivity contribution in [2.75, 3.05) is 6.54 Å². The molecule has 3 aromatic heterocycles. The predicted molar refractivity (Wildman–Crippen MR) is 95.7 cm³/mol. The van der Waals surface area contributed by atoms with Crippen molar-refractivity contribution < 1.29 is 4.79 Å². The largest absolute Gasteiger partial charge is 0.334 e. The number of likely N-dealkylation sites (tertiary alicyclic amines) is 1. The Balaban J connectivity index is 1.55. The maximum absolute atomic E-state index is 12.8. The number of piperidine rings is 1. The summed E-state index contributed by atoms with van der Waals surface area (Å²) in [5, 5.41) is 4.33. The van der Waals surface area contributed by atoms with E-state index >= 15 is 0 Å². The third kappa shape index (κ3) is 3.14. The Morgan fingerprint density at radius 3 is 3.04 bits per heavy atom. The van der Waals surface area contributed by atoms with Crippen molar-refractivity contribution in [2.24, 2.45) is 0 Å². The van der Waals surface area contributed by atoms with E-state index in [4.69, 9.17) is 0 Å². The van der Waals surface area contributed by atoms with Crippen LogP contribution in [0.2, 0.25) is 0 Å². The Morgan fingerprint density at radius 1 is 1.35 bits per heavy atom. The van der Waals surface area contributed by atoms with Crippen LogP contribution in [0, 0.1) is 6.92 Å². The van der Waals surface area contributed by atoms with E-state index < -0.39 is 0 Å². The maximum Gasteiger partial charge on any atom is 0.259 e. The molecule has 0 spiro atoms. The Morgan fingerprint density at radius 2 is 2.23 bits per heavy atom. The van der Waals surface area contributed by atoms with Crippen molar-refractivity contribution in [1.29, 1.82) is 0 Å². The van der Waals surface area contributed by atoms with Gasteiger partial charge in [0, 0.05) is 49.9 Å². The van der Waals surface area contributed by atoms with Crippen LogP contribution in [0.3, 0.4) is 0 Å². The number of aromatic amines is 1. The molecule has 0 saturated carbocycles. The number of hydrogen-bond donors (Lipinski definition) is 1. The first-order valence-electron chi connectivity index (χ1n) is 8.97. The van der Waals surface area contributed by atoms with Crippen LogP contribution in [0.4, 0.5) is 0 Å². The summed E-state index contributed by atoms with van der Waals surface area (Å²) >= 11 is 0. The second-order valence-corrected chi connectivity index (χ2v) is 6.75. The van der Waals surface area contributed by atoms with E-state index in [0.717, 1.165) is 30.7 Å². The summed E-state index contributed by atoms with van der Waals surface area (Å²) in [4.78, 5) is 34.4. The second kappa shape index (κ2) is 6.78. The Bertz CT molecular complexity index is 985. The van der Waals surface area contributed by atoms with Gasteiger partial charge in [-0.15, -0.1) is 0 Å². The van der Waals surface area contributed by atoms with E-state index in [2.05, 4.69) is 15.1 Å². The number of carbonyl (C=O) groups excluding carboxylic acids is 1. The van der Waals surface area contributed by atoms with Crippen LogP contribution < -0.4 is 5.56 Å². The minimum absolute atomic E-state index is 0.0897. The molecule has 1 aliphatic heterocycles. The lowest BCUT2D eigenvalue weighted by Crippen LogP contribution is -2.39. The molecule has 136 valence electrons. The quantitative estimate of drug-likeness (QED) is 0.772. The molecular formula is C18H22N6O2. The van der Waals surface area contributed by atoms with Crippen molar-refractivity contribution in [3.05, 3.63) is 52.5 Å². The van der Waals surface area contributed by atoms with Gasteiger partial charge in [0.2, 0.25) is 11.7 Å². The maximum atomic E-state index is 12.8. The van der Waals surface area contributed by atoms with E-state index in [1.165, 1.54) is 4.40 Å². The number of nitrogens with one attached hydrogen (secondary N) is 1. The molecule has 0 aromatic carbocycles. The summed E-state index contributed by atoms with van der Waals surface area (Å²) in [5.74, 6) is 0.601. The highest BCUT2D eigenvalue weighted by Gasteiger charge is 2.29. The second-order valence-electron chi connectivity index (χ2n) is 6.75. The lowest BCUT2D eigenvalue weighted by atomic mass is 9.98. The smallest absolute Gasteiger partial charge is 0.259 e. The highest BCUT2D eigenvalue weighted by atomic mass is 16.2. The van der Waals surface area contributed by atoms with Crippen LogP contribution in [-0.2, 0) is 11.3 Å². The fourth-order valence-electron chi connectivity index (χ4n) is 3.62. The molecule has 3 aromatic rings. The molecule has 4 rings (SSSR count). The molecule has 8 nitrogen and oxygen atoms in total. The third-order valence-corrected chi connectivity index (χ3v) is 4.92. The van der Waals surface area contributed by atoms with E-state index in [9.17, 15) is 9.59 Å². The Kier molecular flexibility index (Phi) is 4.32. The summed E-state index contributed by atoms with van der Waals surface area (Å²) < 4.78 is 3.27. The van der Waals surface area contributed by atoms with Gasteiger partial charge in [0.05, 0.1) is 11.7 Å². The van der Waals surface area contributed by atoms with Gasteiger partial charge in [-0.25, -0.2) is 4.98 Å². The zero-order chi connectivity index (χ0) is 18.1. The number of H-pyrrole nitrogens is 1. The highest BCUT2D eigenvalue weighted by molar-refractivity contribution is 5.76. The van der Waals surface area contributed by atoms with Crippen LogP contribution in [-0.4, -0.2) is 41.5 Å². The van der Waals surface area contributed by atoms with E-state index in [1.54, 1.807) is 23.1 Å². The number of rotatable bonds is 4. The standard InChI is InChI=1S/C18H22N6O2/c1-13-5-9-22(21-13)10-6-16(25)23-8-3-2-4-15(23)14-12-17(26)24-11-7-19-18(24)20-14/h5,7,9,11-12,15H,2-4,6,8,10H2,1H3,(H,19,20)/t15-/m1/s1. The molecule has 0 unspecified atom stereocenters. The zero-order valence-corrected chi connectivity index (χ0v) is 14.8. The number of aryl methyl sites for hydroxylation is 2. The highest BCUT2D eigenvalue weighted by Crippen LogP contribution is 2.30. The number of imidazole rings is 1. The molecule has 0 aliphatic carbocycles. The van der Waals surface area contributed by atoms with E-state index in [0.29, 0.717) is 25.3 Å². The summed E-state index contributed by atoms with van der Waals surface area (Å²) in [7, 11) is 0. The first-order chi connectivity index (χ1) is 12.6. The van der Waals surface area contributed by atoms with Crippen molar-refractivity contribution in [3.63, 3.8) is 0 Å². The fourth-order valence-corrected chi connectivity index (χ4v) is 3.62. The van der Waals surface area contributed by atoms with Gasteiger partial charge in [0.15, 0.2) is 0 Å². The Hall–Kier alpha value is -2.90. The third-order valence-electron chi connectivity index (χ3n) is 4.92. The Labute approximate surface area is 150 Å². The molecule has 1 amide bonds. The van der Waals surface area contributed by atoms with Crippen LogP contribution >= 0.6 is 0 Å². The van der Waals surface area contributed by atoms with E-state index in [1.807, 2.05) is 24.1 Å². The molecule has 1 atom stereocenters. The number of carbonyl (C=O) groups is 1. The average Bonchev–Trinajstić information content (AvgIpc) is 3.28. The van der Waals surface area contributed by atoms with Gasteiger partial charge in [-0.05, 0) is 32.3 Å². The van der Waals surface area contributed by atoms with Crippen LogP contribution in [0.25, 0.3) is 5.78 Å². The molecular weight excluding hydrogens is 332 g/mol. The summed E-state index contributed by atoms with van der Waals surface area (Å²) in [5.41, 5.74) is 1.58. The summed E-state index contributed by atoms with van der Waals surface area (Å²) in [6.45, 7) is 3.20. The van der Waals surface area contributed by atoms with E-state index in [-0.39, 0.29) is 17.5 Å². The van der Waals surface area contributed by atoms with Crippen molar-refractivity contribution >= 4 is 11.7 Å². The number of hydrogen-bond acceptors (Lipinski definition) is 4. The van der Waals surface area contributed by atoms with Gasteiger partial charge in [-0.3, -0.25) is 18.7 Å². The van der Waals surface area contributed by atoms with Crippen LogP contribution in [0.15, 0.2) is 35.5 Å². The number of fused-ring (bicyclic) bond motifs is 1. The molecule has 1 N–H and O–H groups in total. The lowest BCUT2D eigenvalue weighted by molar-refractivity contribution is -0.135. The number of nitrogens with zero attached hydrogens (tertiary/aromatic N) is 5. The lowest BCUT2D eigenvalue weighted by Gasteiger charge is -2.35. The molecule has 0 radical (unpaired) electrons.